The Morgan fingerprint density at radius 3 is 2.77 bits per heavy atom. The monoisotopic (exact) mass is 318 g/mol. The SMILES string of the molecule is CC[C@H](C)Nc1nc(NC[C@@H]2CCCO2)cc(C(F)(F)F)n1. The van der Waals surface area contributed by atoms with Crippen LogP contribution in [0.1, 0.15) is 38.8 Å². The molecular formula is C14H21F3N4O. The van der Waals surface area contributed by atoms with E-state index in [9.17, 15) is 13.2 Å². The van der Waals surface area contributed by atoms with Gasteiger partial charge in [-0.25, -0.2) is 4.98 Å². The zero-order valence-corrected chi connectivity index (χ0v) is 12.7. The molecule has 0 radical (unpaired) electrons. The molecule has 0 amide bonds. The molecule has 1 aromatic rings. The van der Waals surface area contributed by atoms with Gasteiger partial charge in [0.2, 0.25) is 5.95 Å². The number of ether oxygens (including phenoxy) is 1. The smallest absolute Gasteiger partial charge is 0.376 e. The fraction of sp³-hybridized carbons (Fsp3) is 0.714. The molecule has 1 aromatic heterocycles. The van der Waals surface area contributed by atoms with Crippen molar-refractivity contribution >= 4 is 11.8 Å². The van der Waals surface area contributed by atoms with Gasteiger partial charge in [0.25, 0.3) is 0 Å². The minimum absolute atomic E-state index is 0.00509. The van der Waals surface area contributed by atoms with Crippen LogP contribution >= 0.6 is 0 Å². The number of anilines is 2. The van der Waals surface area contributed by atoms with Crippen molar-refractivity contribution in [2.24, 2.45) is 0 Å². The lowest BCUT2D eigenvalue weighted by Crippen LogP contribution is -2.22. The highest BCUT2D eigenvalue weighted by atomic mass is 19.4. The molecule has 0 saturated carbocycles. The maximum Gasteiger partial charge on any atom is 0.433 e. The summed E-state index contributed by atoms with van der Waals surface area (Å²) in [7, 11) is 0. The van der Waals surface area contributed by atoms with Gasteiger partial charge in [0.15, 0.2) is 5.69 Å². The van der Waals surface area contributed by atoms with Gasteiger partial charge in [-0.15, -0.1) is 0 Å². The van der Waals surface area contributed by atoms with Crippen molar-refractivity contribution in [2.75, 3.05) is 23.8 Å². The third-order valence-corrected chi connectivity index (χ3v) is 3.54. The maximum absolute atomic E-state index is 12.9. The van der Waals surface area contributed by atoms with E-state index < -0.39 is 11.9 Å². The summed E-state index contributed by atoms with van der Waals surface area (Å²) in [5.74, 6) is 0.141. The zero-order valence-electron chi connectivity index (χ0n) is 12.7. The van der Waals surface area contributed by atoms with E-state index in [0.717, 1.165) is 25.3 Å². The molecule has 1 saturated heterocycles. The van der Waals surface area contributed by atoms with Gasteiger partial charge in [-0.3, -0.25) is 0 Å². The molecule has 2 N–H and O–H groups in total. The highest BCUT2D eigenvalue weighted by Gasteiger charge is 2.34. The molecule has 0 aromatic carbocycles. The molecule has 0 unspecified atom stereocenters. The van der Waals surface area contributed by atoms with Crippen LogP contribution < -0.4 is 10.6 Å². The Balaban J connectivity index is 2.13. The minimum Gasteiger partial charge on any atom is -0.376 e. The molecule has 8 heteroatoms. The minimum atomic E-state index is -4.50. The second kappa shape index (κ2) is 7.13. The number of nitrogens with one attached hydrogen (secondary N) is 2. The van der Waals surface area contributed by atoms with Gasteiger partial charge in [0.1, 0.15) is 5.82 Å². The number of nitrogens with zero attached hydrogens (tertiary/aromatic N) is 2. The van der Waals surface area contributed by atoms with Crippen molar-refractivity contribution in [3.05, 3.63) is 11.8 Å². The van der Waals surface area contributed by atoms with Gasteiger partial charge in [-0.1, -0.05) is 6.92 Å². The first kappa shape index (κ1) is 16.8. The predicted molar refractivity (Wildman–Crippen MR) is 77.9 cm³/mol. The van der Waals surface area contributed by atoms with Crippen LogP contribution in [0.15, 0.2) is 6.07 Å². The second-order valence-electron chi connectivity index (χ2n) is 5.43. The summed E-state index contributed by atoms with van der Waals surface area (Å²) < 4.78 is 44.3. The molecule has 124 valence electrons. The van der Waals surface area contributed by atoms with E-state index in [4.69, 9.17) is 4.74 Å². The molecule has 1 fully saturated rings. The Hall–Kier alpha value is -1.57. The van der Waals surface area contributed by atoms with E-state index in [2.05, 4.69) is 20.6 Å². The van der Waals surface area contributed by atoms with Gasteiger partial charge in [-0.2, -0.15) is 18.2 Å². The highest BCUT2D eigenvalue weighted by Crippen LogP contribution is 2.30. The van der Waals surface area contributed by atoms with Crippen LogP contribution in [0.4, 0.5) is 24.9 Å². The van der Waals surface area contributed by atoms with E-state index in [1.807, 2.05) is 13.8 Å². The van der Waals surface area contributed by atoms with E-state index >= 15 is 0 Å². The van der Waals surface area contributed by atoms with Crippen LogP contribution in [0, 0.1) is 0 Å². The molecule has 1 aliphatic heterocycles. The zero-order chi connectivity index (χ0) is 16.2. The molecule has 0 bridgehead atoms. The highest BCUT2D eigenvalue weighted by molar-refractivity contribution is 5.43. The summed E-state index contributed by atoms with van der Waals surface area (Å²) in [6.07, 6.45) is -1.84. The number of rotatable bonds is 6. The second-order valence-corrected chi connectivity index (χ2v) is 5.43. The van der Waals surface area contributed by atoms with Crippen molar-refractivity contribution in [3.63, 3.8) is 0 Å². The van der Waals surface area contributed by atoms with Crippen molar-refractivity contribution in [3.8, 4) is 0 Å². The first-order valence-corrected chi connectivity index (χ1v) is 7.46. The Kier molecular flexibility index (Phi) is 5.44. The fourth-order valence-electron chi connectivity index (χ4n) is 2.09. The largest absolute Gasteiger partial charge is 0.433 e. The van der Waals surface area contributed by atoms with E-state index in [1.54, 1.807) is 0 Å². The lowest BCUT2D eigenvalue weighted by Gasteiger charge is -2.16. The molecule has 1 aliphatic rings. The lowest BCUT2D eigenvalue weighted by molar-refractivity contribution is -0.141. The van der Waals surface area contributed by atoms with Gasteiger partial charge in [0, 0.05) is 25.3 Å². The van der Waals surface area contributed by atoms with Crippen molar-refractivity contribution in [1.82, 2.24) is 9.97 Å². The summed E-state index contributed by atoms with van der Waals surface area (Å²) in [6, 6.07) is 0.922. The maximum atomic E-state index is 12.9. The van der Waals surface area contributed by atoms with Crippen LogP contribution in [0.2, 0.25) is 0 Å². The van der Waals surface area contributed by atoms with E-state index in [-0.39, 0.29) is 23.9 Å². The number of aromatic nitrogens is 2. The molecular weight excluding hydrogens is 297 g/mol. The summed E-state index contributed by atoms with van der Waals surface area (Å²) in [6.45, 7) is 4.94. The normalized spacial score (nSPS) is 20.0. The quantitative estimate of drug-likeness (QED) is 0.843. The van der Waals surface area contributed by atoms with Crippen LogP contribution in [0.5, 0.6) is 0 Å². The number of alkyl halides is 3. The van der Waals surface area contributed by atoms with Crippen LogP contribution in [-0.2, 0) is 10.9 Å². The van der Waals surface area contributed by atoms with Crippen molar-refractivity contribution in [2.45, 2.75) is 51.4 Å². The summed E-state index contributed by atoms with van der Waals surface area (Å²) in [5, 5.41) is 5.79. The van der Waals surface area contributed by atoms with Gasteiger partial charge < -0.3 is 15.4 Å². The molecule has 5 nitrogen and oxygen atoms in total. The Labute approximate surface area is 127 Å². The molecule has 0 spiro atoms. The van der Waals surface area contributed by atoms with E-state index in [0.29, 0.717) is 13.2 Å². The lowest BCUT2D eigenvalue weighted by atomic mass is 10.2. The first-order chi connectivity index (χ1) is 10.4. The average molecular weight is 318 g/mol. The number of halogens is 3. The summed E-state index contributed by atoms with van der Waals surface area (Å²) in [5.41, 5.74) is -0.955. The van der Waals surface area contributed by atoms with Gasteiger partial charge in [0.05, 0.1) is 6.10 Å². The van der Waals surface area contributed by atoms with Crippen LogP contribution in [-0.4, -0.2) is 35.3 Å². The van der Waals surface area contributed by atoms with E-state index in [1.165, 1.54) is 0 Å². The number of hydrogen-bond acceptors (Lipinski definition) is 5. The fourth-order valence-corrected chi connectivity index (χ4v) is 2.09. The van der Waals surface area contributed by atoms with Crippen LogP contribution in [0.3, 0.4) is 0 Å². The Morgan fingerprint density at radius 2 is 2.18 bits per heavy atom. The van der Waals surface area contributed by atoms with Crippen LogP contribution in [0.25, 0.3) is 0 Å². The number of hydrogen-bond donors (Lipinski definition) is 2. The molecule has 0 aliphatic carbocycles. The molecule has 2 atom stereocenters. The molecule has 2 heterocycles. The molecule has 22 heavy (non-hydrogen) atoms. The standard InChI is InChI=1S/C14H21F3N4O/c1-3-9(2)19-13-20-11(14(15,16)17)7-12(21-13)18-8-10-5-4-6-22-10/h7,9-10H,3-6,8H2,1-2H3,(H2,18,19,20,21)/t9-,10-/m0/s1. The van der Waals surface area contributed by atoms with Crippen molar-refractivity contribution < 1.29 is 17.9 Å². The Bertz CT molecular complexity index is 489. The first-order valence-electron chi connectivity index (χ1n) is 7.46. The predicted octanol–water partition coefficient (Wildman–Crippen LogP) is 3.30. The Morgan fingerprint density at radius 1 is 1.41 bits per heavy atom. The molecule has 2 rings (SSSR count). The summed E-state index contributed by atoms with van der Waals surface area (Å²) >= 11 is 0. The van der Waals surface area contributed by atoms with Gasteiger partial charge >= 0.3 is 6.18 Å². The van der Waals surface area contributed by atoms with Crippen molar-refractivity contribution in [1.29, 1.82) is 0 Å². The third-order valence-electron chi connectivity index (χ3n) is 3.54. The summed E-state index contributed by atoms with van der Waals surface area (Å²) in [4.78, 5) is 7.66. The topological polar surface area (TPSA) is 59.1 Å². The third kappa shape index (κ3) is 4.72. The van der Waals surface area contributed by atoms with Gasteiger partial charge in [-0.05, 0) is 26.2 Å². The average Bonchev–Trinajstić information content (AvgIpc) is 2.97.